The number of ether oxygens (including phenoxy) is 1. The Morgan fingerprint density at radius 1 is 1.50 bits per heavy atom. The zero-order chi connectivity index (χ0) is 13.5. The van der Waals surface area contributed by atoms with E-state index >= 15 is 0 Å². The van der Waals surface area contributed by atoms with Gasteiger partial charge in [0.2, 0.25) is 0 Å². The van der Waals surface area contributed by atoms with Crippen molar-refractivity contribution in [1.29, 1.82) is 0 Å². The van der Waals surface area contributed by atoms with Crippen molar-refractivity contribution in [2.75, 3.05) is 0 Å². The van der Waals surface area contributed by atoms with E-state index in [1.165, 1.54) is 0 Å². The molecule has 18 heavy (non-hydrogen) atoms. The fourth-order valence-corrected chi connectivity index (χ4v) is 2.95. The van der Waals surface area contributed by atoms with Gasteiger partial charge in [0.25, 0.3) is 9.05 Å². The van der Waals surface area contributed by atoms with Crippen LogP contribution in [0.5, 0.6) is 0 Å². The molecule has 2 rings (SSSR count). The molecular weight excluding hydrogens is 280 g/mol. The maximum atomic E-state index is 11.8. The molecule has 0 amide bonds. The highest BCUT2D eigenvalue weighted by Crippen LogP contribution is 2.43. The number of halogens is 1. The molecule has 0 unspecified atom stereocenters. The van der Waals surface area contributed by atoms with Crippen LogP contribution >= 0.6 is 10.7 Å². The van der Waals surface area contributed by atoms with Gasteiger partial charge in [0.05, 0.1) is 11.8 Å². The van der Waals surface area contributed by atoms with Gasteiger partial charge in [-0.25, -0.2) is 13.2 Å². The molecule has 0 saturated heterocycles. The average molecular weight is 293 g/mol. The summed E-state index contributed by atoms with van der Waals surface area (Å²) in [6.07, 6.45) is 1.37. The number of aromatic nitrogens is 2. The van der Waals surface area contributed by atoms with Gasteiger partial charge in [-0.3, -0.25) is 5.10 Å². The summed E-state index contributed by atoms with van der Waals surface area (Å²) in [6.45, 7) is 3.34. The van der Waals surface area contributed by atoms with Gasteiger partial charge in [-0.2, -0.15) is 5.10 Å². The van der Waals surface area contributed by atoms with Crippen molar-refractivity contribution in [2.45, 2.75) is 43.6 Å². The van der Waals surface area contributed by atoms with E-state index in [0.717, 1.165) is 12.8 Å². The highest BCUT2D eigenvalue weighted by molar-refractivity contribution is 8.13. The first-order valence-corrected chi connectivity index (χ1v) is 7.85. The Bertz CT molecular complexity index is 575. The number of hydrogen-bond acceptors (Lipinski definition) is 5. The maximum Gasteiger partial charge on any atom is 0.360 e. The molecule has 100 valence electrons. The van der Waals surface area contributed by atoms with E-state index in [-0.39, 0.29) is 22.6 Å². The largest absolute Gasteiger partial charge is 0.458 e. The summed E-state index contributed by atoms with van der Waals surface area (Å²) >= 11 is 0. The molecule has 0 aromatic carbocycles. The lowest BCUT2D eigenvalue weighted by atomic mass is 10.2. The summed E-state index contributed by atoms with van der Waals surface area (Å²) < 4.78 is 28.1. The third-order valence-corrected chi connectivity index (χ3v) is 3.88. The van der Waals surface area contributed by atoms with Crippen molar-refractivity contribution in [3.05, 3.63) is 11.4 Å². The minimum atomic E-state index is -4.03. The first kappa shape index (κ1) is 13.4. The van der Waals surface area contributed by atoms with Crippen molar-refractivity contribution in [3.63, 3.8) is 0 Å². The van der Waals surface area contributed by atoms with Crippen LogP contribution in [0, 0.1) is 0 Å². The molecule has 0 radical (unpaired) electrons. The molecule has 1 aliphatic carbocycles. The van der Waals surface area contributed by atoms with Crippen LogP contribution in [0.4, 0.5) is 0 Å². The van der Waals surface area contributed by atoms with Gasteiger partial charge in [0, 0.05) is 16.6 Å². The van der Waals surface area contributed by atoms with E-state index in [9.17, 15) is 13.2 Å². The van der Waals surface area contributed by atoms with Crippen LogP contribution in [0.25, 0.3) is 0 Å². The van der Waals surface area contributed by atoms with Crippen molar-refractivity contribution in [1.82, 2.24) is 10.2 Å². The molecule has 0 spiro atoms. The lowest BCUT2D eigenvalue weighted by Crippen LogP contribution is -2.14. The normalized spacial score (nSPS) is 16.0. The molecule has 1 aliphatic rings. The molecule has 1 aromatic rings. The Balaban J connectivity index is 2.45. The van der Waals surface area contributed by atoms with Gasteiger partial charge in [0.1, 0.15) is 4.90 Å². The van der Waals surface area contributed by atoms with Crippen LogP contribution in [-0.2, 0) is 13.8 Å². The van der Waals surface area contributed by atoms with Crippen molar-refractivity contribution >= 4 is 25.7 Å². The van der Waals surface area contributed by atoms with Crippen LogP contribution in [0.3, 0.4) is 0 Å². The number of hydrogen-bond donors (Lipinski definition) is 1. The second-order valence-electron chi connectivity index (χ2n) is 4.48. The number of carbonyl (C=O) groups is 1. The number of carbonyl (C=O) groups excluding carboxylic acids is 1. The van der Waals surface area contributed by atoms with Crippen LogP contribution in [0.1, 0.15) is 48.8 Å². The van der Waals surface area contributed by atoms with E-state index < -0.39 is 15.0 Å². The van der Waals surface area contributed by atoms with Gasteiger partial charge in [0.15, 0.2) is 5.69 Å². The fraction of sp³-hybridized carbons (Fsp3) is 0.600. The van der Waals surface area contributed by atoms with Crippen molar-refractivity contribution in [2.24, 2.45) is 0 Å². The zero-order valence-corrected chi connectivity index (χ0v) is 11.5. The average Bonchev–Trinajstić information content (AvgIpc) is 2.93. The van der Waals surface area contributed by atoms with Crippen LogP contribution in [0.2, 0.25) is 0 Å². The summed E-state index contributed by atoms with van der Waals surface area (Å²) in [5.41, 5.74) is 0.140. The lowest BCUT2D eigenvalue weighted by Gasteiger charge is -2.06. The van der Waals surface area contributed by atoms with Gasteiger partial charge < -0.3 is 4.74 Å². The van der Waals surface area contributed by atoms with E-state index in [4.69, 9.17) is 15.4 Å². The molecule has 0 aliphatic heterocycles. The smallest absolute Gasteiger partial charge is 0.360 e. The minimum absolute atomic E-state index is 0.0848. The quantitative estimate of drug-likeness (QED) is 0.675. The zero-order valence-electron chi connectivity index (χ0n) is 9.94. The molecule has 1 saturated carbocycles. The topological polar surface area (TPSA) is 89.1 Å². The summed E-state index contributed by atoms with van der Waals surface area (Å²) in [7, 11) is 1.34. The number of nitrogens with zero attached hydrogens (tertiary/aromatic N) is 1. The van der Waals surface area contributed by atoms with Gasteiger partial charge in [-0.1, -0.05) is 0 Å². The van der Waals surface area contributed by atoms with Crippen molar-refractivity contribution in [3.8, 4) is 0 Å². The number of H-pyrrole nitrogens is 1. The summed E-state index contributed by atoms with van der Waals surface area (Å²) in [6, 6.07) is 0. The maximum absolute atomic E-state index is 11.8. The standard InChI is InChI=1S/C10H13ClN2O4S/c1-5(2)17-10(14)8-9(18(11,15)16)7(12-13-8)6-3-4-6/h5-6H,3-4H2,1-2H3,(H,12,13). The first-order chi connectivity index (χ1) is 8.30. The highest BCUT2D eigenvalue weighted by Gasteiger charge is 2.37. The third kappa shape index (κ3) is 2.67. The predicted molar refractivity (Wildman–Crippen MR) is 64.2 cm³/mol. The van der Waals surface area contributed by atoms with Gasteiger partial charge in [-0.15, -0.1) is 0 Å². The van der Waals surface area contributed by atoms with Crippen LogP contribution in [-0.4, -0.2) is 30.7 Å². The molecule has 1 fully saturated rings. The monoisotopic (exact) mass is 292 g/mol. The van der Waals surface area contributed by atoms with Crippen LogP contribution < -0.4 is 0 Å². The Kier molecular flexibility index (Phi) is 3.37. The molecule has 1 aromatic heterocycles. The number of esters is 1. The fourth-order valence-electron chi connectivity index (χ4n) is 1.65. The highest BCUT2D eigenvalue weighted by atomic mass is 35.7. The summed E-state index contributed by atoms with van der Waals surface area (Å²) in [5, 5.41) is 6.32. The predicted octanol–water partition coefficient (Wildman–Crippen LogP) is 1.78. The SMILES string of the molecule is CC(C)OC(=O)c1n[nH]c(C2CC2)c1S(=O)(=O)Cl. The molecule has 1 N–H and O–H groups in total. The molecular formula is C10H13ClN2O4S. The molecule has 1 heterocycles. The van der Waals surface area contributed by atoms with Crippen LogP contribution in [0.15, 0.2) is 4.90 Å². The van der Waals surface area contributed by atoms with E-state index in [1.54, 1.807) is 13.8 Å². The lowest BCUT2D eigenvalue weighted by molar-refractivity contribution is 0.0366. The molecule has 6 nitrogen and oxygen atoms in total. The number of rotatable bonds is 4. The Morgan fingerprint density at radius 3 is 2.56 bits per heavy atom. The Hall–Kier alpha value is -1.08. The Labute approximate surface area is 109 Å². The van der Waals surface area contributed by atoms with Gasteiger partial charge in [-0.05, 0) is 26.7 Å². The van der Waals surface area contributed by atoms with E-state index in [0.29, 0.717) is 5.69 Å². The number of aromatic amines is 1. The first-order valence-electron chi connectivity index (χ1n) is 5.54. The Morgan fingerprint density at radius 2 is 2.11 bits per heavy atom. The molecule has 8 heteroatoms. The number of nitrogens with one attached hydrogen (secondary N) is 1. The van der Waals surface area contributed by atoms with Gasteiger partial charge >= 0.3 is 5.97 Å². The summed E-state index contributed by atoms with van der Waals surface area (Å²) in [5.74, 6) is -0.700. The van der Waals surface area contributed by atoms with E-state index in [1.807, 2.05) is 0 Å². The minimum Gasteiger partial charge on any atom is -0.458 e. The second-order valence-corrected chi connectivity index (χ2v) is 6.98. The molecule has 0 atom stereocenters. The van der Waals surface area contributed by atoms with Crippen molar-refractivity contribution < 1.29 is 17.9 Å². The summed E-state index contributed by atoms with van der Waals surface area (Å²) in [4.78, 5) is 11.5. The molecule has 0 bridgehead atoms. The second kappa shape index (κ2) is 4.55. The third-order valence-electron chi connectivity index (χ3n) is 2.51. The van der Waals surface area contributed by atoms with E-state index in [2.05, 4.69) is 10.2 Å².